The summed E-state index contributed by atoms with van der Waals surface area (Å²) in [5, 5.41) is 4.18. The van der Waals surface area contributed by atoms with E-state index in [1.165, 1.54) is 5.56 Å². The molecule has 2 aromatic carbocycles. The number of methoxy groups -OCH3 is 1. The van der Waals surface area contributed by atoms with Crippen LogP contribution in [-0.4, -0.2) is 19.8 Å². The number of benzene rings is 2. The molecule has 0 saturated heterocycles. The Morgan fingerprint density at radius 1 is 1.29 bits per heavy atom. The van der Waals surface area contributed by atoms with Gasteiger partial charge in [-0.3, -0.25) is 0 Å². The Kier molecular flexibility index (Phi) is 4.32. The average molecular weight is 304 g/mol. The van der Waals surface area contributed by atoms with Crippen LogP contribution >= 0.6 is 11.6 Å². The largest absolute Gasteiger partial charge is 0.488 e. The molecule has 0 aromatic heterocycles. The summed E-state index contributed by atoms with van der Waals surface area (Å²) in [4.78, 5) is 0. The first kappa shape index (κ1) is 14.2. The van der Waals surface area contributed by atoms with Crippen molar-refractivity contribution in [3.63, 3.8) is 0 Å². The molecule has 0 bridgehead atoms. The highest BCUT2D eigenvalue weighted by atomic mass is 35.5. The highest BCUT2D eigenvalue weighted by molar-refractivity contribution is 6.30. The summed E-state index contributed by atoms with van der Waals surface area (Å²) in [6, 6.07) is 14.0. The third kappa shape index (κ3) is 3.49. The van der Waals surface area contributed by atoms with Crippen LogP contribution in [0.25, 0.3) is 0 Å². The number of hydrogen-bond donors (Lipinski definition) is 1. The minimum absolute atomic E-state index is 0.143. The molecule has 0 amide bonds. The highest BCUT2D eigenvalue weighted by Gasteiger charge is 2.22. The van der Waals surface area contributed by atoms with Crippen molar-refractivity contribution in [2.75, 3.05) is 19.0 Å². The van der Waals surface area contributed by atoms with Crippen molar-refractivity contribution < 1.29 is 9.47 Å². The maximum atomic E-state index is 6.01. The summed E-state index contributed by atoms with van der Waals surface area (Å²) >= 11 is 6.01. The first-order valence-corrected chi connectivity index (χ1v) is 7.39. The standard InChI is InChI=1S/C17H18ClNO2/c1-20-11-12-3-2-4-15(7-12)19-10-16-9-13-8-14(18)5-6-17(13)21-16/h2-8,16,19H,9-11H2,1H3. The van der Waals surface area contributed by atoms with Gasteiger partial charge in [0.2, 0.25) is 0 Å². The Balaban J connectivity index is 1.58. The van der Waals surface area contributed by atoms with Crippen molar-refractivity contribution in [2.45, 2.75) is 19.1 Å². The molecule has 1 N–H and O–H groups in total. The van der Waals surface area contributed by atoms with Crippen molar-refractivity contribution in [1.29, 1.82) is 0 Å². The van der Waals surface area contributed by atoms with Gasteiger partial charge >= 0.3 is 0 Å². The topological polar surface area (TPSA) is 30.5 Å². The van der Waals surface area contributed by atoms with Gasteiger partial charge in [0, 0.05) is 24.2 Å². The molecule has 3 nitrogen and oxygen atoms in total. The van der Waals surface area contributed by atoms with E-state index in [4.69, 9.17) is 21.1 Å². The van der Waals surface area contributed by atoms with Gasteiger partial charge in [-0.1, -0.05) is 23.7 Å². The van der Waals surface area contributed by atoms with Crippen molar-refractivity contribution in [2.24, 2.45) is 0 Å². The molecule has 1 aliphatic heterocycles. The van der Waals surface area contributed by atoms with Gasteiger partial charge in [0.1, 0.15) is 11.9 Å². The van der Waals surface area contributed by atoms with E-state index in [0.717, 1.165) is 35.0 Å². The number of nitrogens with one attached hydrogen (secondary N) is 1. The van der Waals surface area contributed by atoms with Crippen LogP contribution in [-0.2, 0) is 17.8 Å². The van der Waals surface area contributed by atoms with Crippen LogP contribution in [0.1, 0.15) is 11.1 Å². The molecule has 0 radical (unpaired) electrons. The Morgan fingerprint density at radius 2 is 2.19 bits per heavy atom. The number of hydrogen-bond acceptors (Lipinski definition) is 3. The van der Waals surface area contributed by atoms with E-state index in [1.807, 2.05) is 24.3 Å². The van der Waals surface area contributed by atoms with Gasteiger partial charge in [-0.15, -0.1) is 0 Å². The molecule has 21 heavy (non-hydrogen) atoms. The molecule has 4 heteroatoms. The van der Waals surface area contributed by atoms with Gasteiger partial charge in [0.15, 0.2) is 0 Å². The van der Waals surface area contributed by atoms with Gasteiger partial charge in [0.05, 0.1) is 13.2 Å². The Labute approximate surface area is 129 Å². The van der Waals surface area contributed by atoms with Gasteiger partial charge in [-0.25, -0.2) is 0 Å². The molecule has 2 aromatic rings. The number of anilines is 1. The predicted octanol–water partition coefficient (Wildman–Crippen LogP) is 3.90. The molecule has 110 valence electrons. The summed E-state index contributed by atoms with van der Waals surface area (Å²) in [5.74, 6) is 0.944. The van der Waals surface area contributed by atoms with Crippen LogP contribution in [0.3, 0.4) is 0 Å². The zero-order chi connectivity index (χ0) is 14.7. The molecule has 0 saturated carbocycles. The van der Waals surface area contributed by atoms with Crippen molar-refractivity contribution >= 4 is 17.3 Å². The third-order valence-corrected chi connectivity index (χ3v) is 3.77. The lowest BCUT2D eigenvalue weighted by Gasteiger charge is -2.13. The molecule has 1 atom stereocenters. The second-order valence-corrected chi connectivity index (χ2v) is 5.65. The first-order valence-electron chi connectivity index (χ1n) is 7.01. The lowest BCUT2D eigenvalue weighted by atomic mass is 10.1. The van der Waals surface area contributed by atoms with Gasteiger partial charge in [-0.05, 0) is 41.5 Å². The van der Waals surface area contributed by atoms with E-state index in [1.54, 1.807) is 7.11 Å². The maximum Gasteiger partial charge on any atom is 0.123 e. The van der Waals surface area contributed by atoms with Crippen LogP contribution in [0.4, 0.5) is 5.69 Å². The fourth-order valence-corrected chi connectivity index (χ4v) is 2.77. The zero-order valence-corrected chi connectivity index (χ0v) is 12.7. The molecular weight excluding hydrogens is 286 g/mol. The van der Waals surface area contributed by atoms with Crippen LogP contribution in [0.5, 0.6) is 5.75 Å². The molecule has 1 unspecified atom stereocenters. The normalized spacial score (nSPS) is 16.4. The summed E-state index contributed by atoms with van der Waals surface area (Å²) in [5.41, 5.74) is 3.43. The van der Waals surface area contributed by atoms with Gasteiger partial charge in [0.25, 0.3) is 0 Å². The second-order valence-electron chi connectivity index (χ2n) is 5.21. The minimum atomic E-state index is 0.143. The van der Waals surface area contributed by atoms with E-state index in [0.29, 0.717) is 6.61 Å². The van der Waals surface area contributed by atoms with Gasteiger partial charge < -0.3 is 14.8 Å². The monoisotopic (exact) mass is 303 g/mol. The Hall–Kier alpha value is -1.71. The van der Waals surface area contributed by atoms with Crippen molar-refractivity contribution in [3.05, 3.63) is 58.6 Å². The second kappa shape index (κ2) is 6.37. The molecule has 0 spiro atoms. The average Bonchev–Trinajstić information content (AvgIpc) is 2.88. The fraction of sp³-hybridized carbons (Fsp3) is 0.294. The number of halogens is 1. The Morgan fingerprint density at radius 3 is 3.05 bits per heavy atom. The van der Waals surface area contributed by atoms with E-state index < -0.39 is 0 Å². The minimum Gasteiger partial charge on any atom is -0.488 e. The molecule has 1 heterocycles. The smallest absolute Gasteiger partial charge is 0.123 e. The number of rotatable bonds is 5. The third-order valence-electron chi connectivity index (χ3n) is 3.54. The molecule has 0 fully saturated rings. The molecule has 1 aliphatic rings. The lowest BCUT2D eigenvalue weighted by Crippen LogP contribution is -2.23. The first-order chi connectivity index (χ1) is 10.2. The van der Waals surface area contributed by atoms with Crippen LogP contribution in [0.15, 0.2) is 42.5 Å². The predicted molar refractivity (Wildman–Crippen MR) is 85.2 cm³/mol. The summed E-state index contributed by atoms with van der Waals surface area (Å²) in [7, 11) is 1.70. The van der Waals surface area contributed by atoms with E-state index in [-0.39, 0.29) is 6.10 Å². The van der Waals surface area contributed by atoms with Crippen molar-refractivity contribution in [1.82, 2.24) is 0 Å². The quantitative estimate of drug-likeness (QED) is 0.908. The zero-order valence-electron chi connectivity index (χ0n) is 11.9. The van der Waals surface area contributed by atoms with Crippen LogP contribution in [0, 0.1) is 0 Å². The van der Waals surface area contributed by atoms with E-state index in [9.17, 15) is 0 Å². The van der Waals surface area contributed by atoms with Crippen LogP contribution < -0.4 is 10.1 Å². The summed E-state index contributed by atoms with van der Waals surface area (Å²) in [6.45, 7) is 1.39. The summed E-state index contributed by atoms with van der Waals surface area (Å²) in [6.07, 6.45) is 1.03. The maximum absolute atomic E-state index is 6.01. The molecule has 0 aliphatic carbocycles. The Bertz CT molecular complexity index is 630. The summed E-state index contributed by atoms with van der Waals surface area (Å²) < 4.78 is 11.1. The molecule has 3 rings (SSSR count). The number of ether oxygens (including phenoxy) is 2. The molecular formula is C17H18ClNO2. The van der Waals surface area contributed by atoms with Crippen molar-refractivity contribution in [3.8, 4) is 5.75 Å². The van der Waals surface area contributed by atoms with Gasteiger partial charge in [-0.2, -0.15) is 0 Å². The SMILES string of the molecule is COCc1cccc(NCC2Cc3cc(Cl)ccc3O2)c1. The lowest BCUT2D eigenvalue weighted by molar-refractivity contribution is 0.185. The van der Waals surface area contributed by atoms with E-state index in [2.05, 4.69) is 23.5 Å². The van der Waals surface area contributed by atoms with Crippen LogP contribution in [0.2, 0.25) is 5.02 Å². The fourth-order valence-electron chi connectivity index (χ4n) is 2.57. The highest BCUT2D eigenvalue weighted by Crippen LogP contribution is 2.31. The number of fused-ring (bicyclic) bond motifs is 1. The van der Waals surface area contributed by atoms with E-state index >= 15 is 0 Å².